The molecular formula is C13H13BrO3. The molecule has 0 saturated heterocycles. The van der Waals surface area contributed by atoms with E-state index in [0.29, 0.717) is 12.4 Å². The summed E-state index contributed by atoms with van der Waals surface area (Å²) in [7, 11) is 1.66. The largest absolute Gasteiger partial charge is 0.465 e. The lowest BCUT2D eigenvalue weighted by atomic mass is 10.1. The summed E-state index contributed by atoms with van der Waals surface area (Å²) in [5.74, 6) is 0.518. The zero-order valence-electron chi connectivity index (χ0n) is 9.39. The Hall–Kier alpha value is -1.10. The number of furan rings is 1. The fourth-order valence-corrected chi connectivity index (χ4v) is 2.03. The third kappa shape index (κ3) is 2.77. The van der Waals surface area contributed by atoms with E-state index >= 15 is 0 Å². The first-order chi connectivity index (χ1) is 8.22. The number of rotatable bonds is 4. The molecule has 17 heavy (non-hydrogen) atoms. The van der Waals surface area contributed by atoms with Crippen LogP contribution in [0.25, 0.3) is 0 Å². The number of ether oxygens (including phenoxy) is 1. The van der Waals surface area contributed by atoms with Gasteiger partial charge in [0, 0.05) is 7.11 Å². The van der Waals surface area contributed by atoms with Gasteiger partial charge in [-0.2, -0.15) is 0 Å². The van der Waals surface area contributed by atoms with Crippen molar-refractivity contribution in [1.29, 1.82) is 0 Å². The zero-order valence-corrected chi connectivity index (χ0v) is 11.0. The zero-order chi connectivity index (χ0) is 12.3. The van der Waals surface area contributed by atoms with Crippen LogP contribution in [0.15, 0.2) is 45.5 Å². The molecule has 1 unspecified atom stereocenters. The van der Waals surface area contributed by atoms with Crippen molar-refractivity contribution < 1.29 is 14.3 Å². The quantitative estimate of drug-likeness (QED) is 0.941. The lowest BCUT2D eigenvalue weighted by molar-refractivity contribution is 0.183. The van der Waals surface area contributed by atoms with Crippen LogP contribution in [0.3, 0.4) is 0 Å². The predicted octanol–water partition coefficient (Wildman–Crippen LogP) is 3.27. The Labute approximate surface area is 108 Å². The summed E-state index contributed by atoms with van der Waals surface area (Å²) in [6.45, 7) is 0.570. The van der Waals surface area contributed by atoms with E-state index in [1.54, 1.807) is 19.4 Å². The molecular weight excluding hydrogens is 284 g/mol. The Bertz CT molecular complexity index is 476. The highest BCUT2D eigenvalue weighted by Crippen LogP contribution is 2.29. The van der Waals surface area contributed by atoms with Crippen molar-refractivity contribution in [3.8, 4) is 0 Å². The molecule has 2 rings (SSSR count). The molecule has 0 aliphatic heterocycles. The topological polar surface area (TPSA) is 42.6 Å². The molecule has 0 saturated carbocycles. The Morgan fingerprint density at radius 1 is 1.29 bits per heavy atom. The van der Waals surface area contributed by atoms with Crippen molar-refractivity contribution in [3.63, 3.8) is 0 Å². The van der Waals surface area contributed by atoms with Crippen molar-refractivity contribution in [2.24, 2.45) is 0 Å². The maximum Gasteiger partial charge on any atom is 0.150 e. The summed E-state index contributed by atoms with van der Waals surface area (Å²) >= 11 is 3.33. The number of benzene rings is 1. The standard InChI is InChI=1S/C13H13BrO3/c1-16-8-9-2-4-10(5-3-9)12(15)13-11(14)6-7-17-13/h2-7,12,15H,8H2,1H3. The van der Waals surface area contributed by atoms with Crippen LogP contribution in [0.2, 0.25) is 0 Å². The molecule has 0 fully saturated rings. The smallest absolute Gasteiger partial charge is 0.150 e. The maximum absolute atomic E-state index is 10.1. The second-order valence-electron chi connectivity index (χ2n) is 3.71. The first kappa shape index (κ1) is 12.4. The van der Waals surface area contributed by atoms with Crippen LogP contribution in [-0.4, -0.2) is 12.2 Å². The summed E-state index contributed by atoms with van der Waals surface area (Å²) in [4.78, 5) is 0. The SMILES string of the molecule is COCc1ccc(C(O)c2occc2Br)cc1. The fraction of sp³-hybridized carbons (Fsp3) is 0.231. The Kier molecular flexibility index (Phi) is 3.99. The van der Waals surface area contributed by atoms with Crippen molar-refractivity contribution in [2.75, 3.05) is 7.11 Å². The van der Waals surface area contributed by atoms with Gasteiger partial charge in [-0.05, 0) is 33.1 Å². The Morgan fingerprint density at radius 3 is 2.53 bits per heavy atom. The number of aliphatic hydroxyl groups excluding tert-OH is 1. The van der Waals surface area contributed by atoms with E-state index in [9.17, 15) is 5.11 Å². The van der Waals surface area contributed by atoms with E-state index in [1.165, 1.54) is 0 Å². The molecule has 0 aliphatic rings. The number of aliphatic hydroxyl groups is 1. The maximum atomic E-state index is 10.1. The van der Waals surface area contributed by atoms with Gasteiger partial charge in [-0.25, -0.2) is 0 Å². The lowest BCUT2D eigenvalue weighted by Gasteiger charge is -2.09. The summed E-state index contributed by atoms with van der Waals surface area (Å²) in [5, 5.41) is 10.1. The van der Waals surface area contributed by atoms with Gasteiger partial charge in [-0.3, -0.25) is 0 Å². The van der Waals surface area contributed by atoms with Crippen molar-refractivity contribution in [3.05, 3.63) is 58.0 Å². The highest BCUT2D eigenvalue weighted by molar-refractivity contribution is 9.10. The van der Waals surface area contributed by atoms with Crippen molar-refractivity contribution in [1.82, 2.24) is 0 Å². The summed E-state index contributed by atoms with van der Waals surface area (Å²) in [5.41, 5.74) is 1.86. The van der Waals surface area contributed by atoms with E-state index in [2.05, 4.69) is 15.9 Å². The molecule has 0 aliphatic carbocycles. The van der Waals surface area contributed by atoms with Crippen molar-refractivity contribution >= 4 is 15.9 Å². The molecule has 90 valence electrons. The molecule has 4 heteroatoms. The monoisotopic (exact) mass is 296 g/mol. The van der Waals surface area contributed by atoms with Gasteiger partial charge in [0.15, 0.2) is 5.76 Å². The lowest BCUT2D eigenvalue weighted by Crippen LogP contribution is -1.99. The van der Waals surface area contributed by atoms with Crippen LogP contribution in [0, 0.1) is 0 Å². The second kappa shape index (κ2) is 5.49. The molecule has 1 atom stereocenters. The van der Waals surface area contributed by atoms with E-state index in [1.807, 2.05) is 24.3 Å². The van der Waals surface area contributed by atoms with Gasteiger partial charge in [0.05, 0.1) is 17.3 Å². The van der Waals surface area contributed by atoms with Gasteiger partial charge in [-0.1, -0.05) is 24.3 Å². The number of methoxy groups -OCH3 is 1. The second-order valence-corrected chi connectivity index (χ2v) is 4.56. The van der Waals surface area contributed by atoms with Crippen LogP contribution in [0.4, 0.5) is 0 Å². The first-order valence-electron chi connectivity index (χ1n) is 5.21. The molecule has 0 radical (unpaired) electrons. The first-order valence-corrected chi connectivity index (χ1v) is 6.00. The van der Waals surface area contributed by atoms with E-state index < -0.39 is 6.10 Å². The third-order valence-electron chi connectivity index (χ3n) is 2.50. The van der Waals surface area contributed by atoms with Crippen LogP contribution in [0.5, 0.6) is 0 Å². The molecule has 1 aromatic heterocycles. The molecule has 0 amide bonds. The molecule has 0 bridgehead atoms. The highest BCUT2D eigenvalue weighted by atomic mass is 79.9. The molecule has 1 aromatic carbocycles. The summed E-state index contributed by atoms with van der Waals surface area (Å²) in [6, 6.07) is 9.36. The van der Waals surface area contributed by atoms with E-state index in [4.69, 9.17) is 9.15 Å². The minimum absolute atomic E-state index is 0.518. The van der Waals surface area contributed by atoms with Gasteiger partial charge >= 0.3 is 0 Å². The number of hydrogen-bond acceptors (Lipinski definition) is 3. The minimum atomic E-state index is -0.754. The Balaban J connectivity index is 2.20. The van der Waals surface area contributed by atoms with Crippen LogP contribution in [-0.2, 0) is 11.3 Å². The summed E-state index contributed by atoms with van der Waals surface area (Å²) in [6.07, 6.45) is 0.790. The van der Waals surface area contributed by atoms with Crippen LogP contribution >= 0.6 is 15.9 Å². The predicted molar refractivity (Wildman–Crippen MR) is 67.6 cm³/mol. The molecule has 1 heterocycles. The molecule has 0 spiro atoms. The highest BCUT2D eigenvalue weighted by Gasteiger charge is 2.16. The van der Waals surface area contributed by atoms with E-state index in [-0.39, 0.29) is 0 Å². The van der Waals surface area contributed by atoms with Crippen molar-refractivity contribution in [2.45, 2.75) is 12.7 Å². The normalized spacial score (nSPS) is 12.6. The fourth-order valence-electron chi connectivity index (χ4n) is 1.61. The van der Waals surface area contributed by atoms with Gasteiger partial charge in [0.1, 0.15) is 6.10 Å². The summed E-state index contributed by atoms with van der Waals surface area (Å²) < 4.78 is 11.0. The average Bonchev–Trinajstić information content (AvgIpc) is 2.76. The van der Waals surface area contributed by atoms with Crippen LogP contribution < -0.4 is 0 Å². The van der Waals surface area contributed by atoms with E-state index in [0.717, 1.165) is 15.6 Å². The van der Waals surface area contributed by atoms with Gasteiger partial charge < -0.3 is 14.3 Å². The number of halogens is 1. The average molecular weight is 297 g/mol. The molecule has 2 aromatic rings. The van der Waals surface area contributed by atoms with Gasteiger partial charge in [0.25, 0.3) is 0 Å². The van der Waals surface area contributed by atoms with Crippen LogP contribution in [0.1, 0.15) is 23.0 Å². The Morgan fingerprint density at radius 2 is 2.00 bits per heavy atom. The third-order valence-corrected chi connectivity index (χ3v) is 3.15. The minimum Gasteiger partial charge on any atom is -0.465 e. The molecule has 3 nitrogen and oxygen atoms in total. The van der Waals surface area contributed by atoms with Gasteiger partial charge in [-0.15, -0.1) is 0 Å². The number of hydrogen-bond donors (Lipinski definition) is 1. The van der Waals surface area contributed by atoms with Gasteiger partial charge in [0.2, 0.25) is 0 Å². The molecule has 1 N–H and O–H groups in total.